The second kappa shape index (κ2) is 9.14. The van der Waals surface area contributed by atoms with Gasteiger partial charge in [0, 0.05) is 44.5 Å². The number of urea groups is 1. The molecule has 9 heteroatoms. The summed E-state index contributed by atoms with van der Waals surface area (Å²) < 4.78 is 38.8. The predicted octanol–water partition coefficient (Wildman–Crippen LogP) is 3.33. The number of alkyl halides is 3. The summed E-state index contributed by atoms with van der Waals surface area (Å²) in [6.07, 6.45) is -1.31. The second-order valence-corrected chi connectivity index (χ2v) is 8.07. The van der Waals surface area contributed by atoms with Crippen LogP contribution in [0.25, 0.3) is 0 Å². The molecular formula is C21H29F3N4O2. The van der Waals surface area contributed by atoms with Crippen molar-refractivity contribution < 1.29 is 22.8 Å². The van der Waals surface area contributed by atoms with Crippen LogP contribution in [0.3, 0.4) is 0 Å². The van der Waals surface area contributed by atoms with Gasteiger partial charge in [-0.25, -0.2) is 4.79 Å². The average Bonchev–Trinajstić information content (AvgIpc) is 2.73. The van der Waals surface area contributed by atoms with Crippen LogP contribution in [0.2, 0.25) is 0 Å². The van der Waals surface area contributed by atoms with Crippen molar-refractivity contribution in [1.82, 2.24) is 15.1 Å². The number of carbonyl (C=O) groups is 2. The molecule has 2 atom stereocenters. The summed E-state index contributed by atoms with van der Waals surface area (Å²) in [5.41, 5.74) is -0.188. The van der Waals surface area contributed by atoms with Gasteiger partial charge in [-0.05, 0) is 51.3 Å². The molecule has 2 aliphatic rings. The average molecular weight is 426 g/mol. The molecular weight excluding hydrogens is 397 g/mol. The van der Waals surface area contributed by atoms with Gasteiger partial charge in [0.05, 0.1) is 5.56 Å². The Morgan fingerprint density at radius 3 is 2.43 bits per heavy atom. The number of piperidine rings is 1. The van der Waals surface area contributed by atoms with Gasteiger partial charge < -0.3 is 20.0 Å². The third kappa shape index (κ3) is 5.17. The number of anilines is 1. The van der Waals surface area contributed by atoms with E-state index in [-0.39, 0.29) is 18.0 Å². The highest BCUT2D eigenvalue weighted by atomic mass is 19.4. The Morgan fingerprint density at radius 1 is 1.10 bits per heavy atom. The van der Waals surface area contributed by atoms with E-state index >= 15 is 0 Å². The molecule has 6 nitrogen and oxygen atoms in total. The van der Waals surface area contributed by atoms with Crippen LogP contribution in [-0.4, -0.2) is 66.5 Å². The summed E-state index contributed by atoms with van der Waals surface area (Å²) in [5.74, 6) is -0.0712. The molecule has 0 saturated carbocycles. The molecule has 0 aliphatic carbocycles. The van der Waals surface area contributed by atoms with Gasteiger partial charge in [-0.3, -0.25) is 4.79 Å². The van der Waals surface area contributed by atoms with Gasteiger partial charge in [0.15, 0.2) is 0 Å². The van der Waals surface area contributed by atoms with Crippen molar-refractivity contribution in [3.05, 3.63) is 29.8 Å². The normalized spacial score (nSPS) is 21.4. The molecule has 0 aromatic heterocycles. The largest absolute Gasteiger partial charge is 0.416 e. The summed E-state index contributed by atoms with van der Waals surface area (Å²) in [6, 6.07) is 4.48. The van der Waals surface area contributed by atoms with E-state index in [2.05, 4.69) is 5.32 Å². The van der Waals surface area contributed by atoms with E-state index in [0.717, 1.165) is 37.9 Å². The Labute approximate surface area is 175 Å². The SMILES string of the molecule is CC(NC(=O)N1CCN(c2cccc(C(F)(F)F)c2)CC1)C(=O)N1CCCCC1C. The predicted molar refractivity (Wildman–Crippen MR) is 108 cm³/mol. The lowest BCUT2D eigenvalue weighted by atomic mass is 10.0. The highest BCUT2D eigenvalue weighted by molar-refractivity contribution is 5.87. The molecule has 1 aromatic carbocycles. The number of likely N-dealkylation sites (tertiary alicyclic amines) is 1. The van der Waals surface area contributed by atoms with Crippen molar-refractivity contribution in [2.75, 3.05) is 37.6 Å². The van der Waals surface area contributed by atoms with Crippen LogP contribution in [-0.2, 0) is 11.0 Å². The Balaban J connectivity index is 1.52. The highest BCUT2D eigenvalue weighted by Crippen LogP contribution is 2.31. The number of nitrogens with one attached hydrogen (secondary N) is 1. The van der Waals surface area contributed by atoms with E-state index in [1.165, 1.54) is 6.07 Å². The van der Waals surface area contributed by atoms with Gasteiger partial charge in [0.25, 0.3) is 0 Å². The van der Waals surface area contributed by atoms with Crippen molar-refractivity contribution in [3.8, 4) is 0 Å². The molecule has 30 heavy (non-hydrogen) atoms. The van der Waals surface area contributed by atoms with Gasteiger partial charge >= 0.3 is 12.2 Å². The molecule has 1 aromatic rings. The Hall–Kier alpha value is -2.45. The second-order valence-electron chi connectivity index (χ2n) is 8.07. The maximum atomic E-state index is 12.9. The molecule has 2 heterocycles. The first-order valence-corrected chi connectivity index (χ1v) is 10.4. The zero-order valence-corrected chi connectivity index (χ0v) is 17.4. The molecule has 166 valence electrons. The van der Waals surface area contributed by atoms with Crippen LogP contribution < -0.4 is 10.2 Å². The Bertz CT molecular complexity index is 763. The standard InChI is InChI=1S/C21H29F3N4O2/c1-15-6-3-4-9-28(15)19(29)16(2)25-20(30)27-12-10-26(11-13-27)18-8-5-7-17(14-18)21(22,23)24/h5,7-8,14-16H,3-4,6,9-13H2,1-2H3,(H,25,30). The van der Waals surface area contributed by atoms with Crippen molar-refractivity contribution >= 4 is 17.6 Å². The van der Waals surface area contributed by atoms with Gasteiger partial charge in [-0.2, -0.15) is 13.2 Å². The van der Waals surface area contributed by atoms with Gasteiger partial charge in [0.1, 0.15) is 6.04 Å². The Kier molecular flexibility index (Phi) is 6.77. The molecule has 0 spiro atoms. The number of piperazine rings is 1. The van der Waals surface area contributed by atoms with Gasteiger partial charge in [-0.15, -0.1) is 0 Å². The fraction of sp³-hybridized carbons (Fsp3) is 0.619. The fourth-order valence-electron chi connectivity index (χ4n) is 4.06. The number of benzene rings is 1. The van der Waals surface area contributed by atoms with Crippen LogP contribution in [0.5, 0.6) is 0 Å². The summed E-state index contributed by atoms with van der Waals surface area (Å²) in [4.78, 5) is 30.5. The summed E-state index contributed by atoms with van der Waals surface area (Å²) in [6.45, 7) is 6.06. The van der Waals surface area contributed by atoms with Crippen molar-refractivity contribution in [2.24, 2.45) is 0 Å². The number of hydrogen-bond donors (Lipinski definition) is 1. The molecule has 2 fully saturated rings. The first-order valence-electron chi connectivity index (χ1n) is 10.4. The van der Waals surface area contributed by atoms with Crippen LogP contribution in [0.1, 0.15) is 38.7 Å². The van der Waals surface area contributed by atoms with E-state index in [4.69, 9.17) is 0 Å². The summed E-state index contributed by atoms with van der Waals surface area (Å²) in [5, 5.41) is 2.78. The van der Waals surface area contributed by atoms with E-state index in [1.807, 2.05) is 16.7 Å². The maximum absolute atomic E-state index is 12.9. The first kappa shape index (κ1) is 22.2. The van der Waals surface area contributed by atoms with Crippen molar-refractivity contribution in [3.63, 3.8) is 0 Å². The number of halogens is 3. The number of rotatable bonds is 3. The monoisotopic (exact) mass is 426 g/mol. The van der Waals surface area contributed by atoms with Gasteiger partial charge in [0.2, 0.25) is 5.91 Å². The molecule has 0 radical (unpaired) electrons. The van der Waals surface area contributed by atoms with E-state index < -0.39 is 17.8 Å². The molecule has 2 aliphatic heterocycles. The smallest absolute Gasteiger partial charge is 0.368 e. The molecule has 0 bridgehead atoms. The molecule has 2 unspecified atom stereocenters. The van der Waals surface area contributed by atoms with Crippen molar-refractivity contribution in [1.29, 1.82) is 0 Å². The fourth-order valence-corrected chi connectivity index (χ4v) is 4.06. The van der Waals surface area contributed by atoms with Crippen molar-refractivity contribution in [2.45, 2.75) is 51.4 Å². The van der Waals surface area contributed by atoms with E-state index in [9.17, 15) is 22.8 Å². The molecule has 2 saturated heterocycles. The molecule has 3 rings (SSSR count). The molecule has 3 amide bonds. The highest BCUT2D eigenvalue weighted by Gasteiger charge is 2.32. The summed E-state index contributed by atoms with van der Waals surface area (Å²) in [7, 11) is 0. The van der Waals surface area contributed by atoms with Crippen LogP contribution in [0.15, 0.2) is 24.3 Å². The van der Waals surface area contributed by atoms with E-state index in [0.29, 0.717) is 31.9 Å². The van der Waals surface area contributed by atoms with Gasteiger partial charge in [-0.1, -0.05) is 6.07 Å². The Morgan fingerprint density at radius 2 is 1.80 bits per heavy atom. The number of carbonyl (C=O) groups excluding carboxylic acids is 2. The topological polar surface area (TPSA) is 55.9 Å². The zero-order valence-electron chi connectivity index (χ0n) is 17.4. The van der Waals surface area contributed by atoms with Crippen LogP contribution >= 0.6 is 0 Å². The van der Waals surface area contributed by atoms with Crippen LogP contribution in [0, 0.1) is 0 Å². The lowest BCUT2D eigenvalue weighted by molar-refractivity contribution is -0.137. The number of nitrogens with zero attached hydrogens (tertiary/aromatic N) is 3. The lowest BCUT2D eigenvalue weighted by Crippen LogP contribution is -2.57. The minimum Gasteiger partial charge on any atom is -0.368 e. The molecule has 1 N–H and O–H groups in total. The number of hydrogen-bond acceptors (Lipinski definition) is 3. The quantitative estimate of drug-likeness (QED) is 0.807. The van der Waals surface area contributed by atoms with E-state index in [1.54, 1.807) is 17.9 Å². The van der Waals surface area contributed by atoms with Crippen LogP contribution in [0.4, 0.5) is 23.7 Å². The maximum Gasteiger partial charge on any atom is 0.416 e. The summed E-state index contributed by atoms with van der Waals surface area (Å²) >= 11 is 0. The third-order valence-electron chi connectivity index (χ3n) is 5.90. The minimum absolute atomic E-state index is 0.0712. The lowest BCUT2D eigenvalue weighted by Gasteiger charge is -2.38. The zero-order chi connectivity index (χ0) is 21.9. The minimum atomic E-state index is -4.38. The number of amides is 3. The third-order valence-corrected chi connectivity index (χ3v) is 5.90. The first-order chi connectivity index (χ1) is 14.2.